The molecule has 0 aromatic carbocycles. The summed E-state index contributed by atoms with van der Waals surface area (Å²) >= 11 is 0. The molecule has 0 aromatic rings. The van der Waals surface area contributed by atoms with E-state index in [4.69, 9.17) is 28.6 Å². The highest BCUT2D eigenvalue weighted by Gasteiger charge is 2.17. The van der Waals surface area contributed by atoms with Crippen molar-refractivity contribution in [2.45, 2.75) is 145 Å². The molecule has 0 aliphatic heterocycles. The normalized spacial score (nSPS) is 15.3. The Morgan fingerprint density at radius 3 is 1.24 bits per heavy atom. The van der Waals surface area contributed by atoms with Crippen molar-refractivity contribution in [2.75, 3.05) is 39.5 Å². The van der Waals surface area contributed by atoms with E-state index >= 15 is 0 Å². The molecular formula is C34H66N4O8. The fourth-order valence-electron chi connectivity index (χ4n) is 4.66. The number of nitrogens with one attached hydrogen (secondary N) is 2. The number of rotatable bonds is 27. The van der Waals surface area contributed by atoms with Crippen LogP contribution in [0.3, 0.4) is 0 Å². The van der Waals surface area contributed by atoms with E-state index in [1.54, 1.807) is 0 Å². The molecule has 12 heteroatoms. The second-order valence-corrected chi connectivity index (χ2v) is 13.5. The summed E-state index contributed by atoms with van der Waals surface area (Å²) in [6.07, 6.45) is 3.24. The van der Waals surface area contributed by atoms with Crippen molar-refractivity contribution < 1.29 is 38.2 Å². The second-order valence-electron chi connectivity index (χ2n) is 13.5. The molecule has 0 saturated carbocycles. The zero-order valence-electron chi connectivity index (χ0n) is 30.9. The van der Waals surface area contributed by atoms with E-state index in [1.807, 2.05) is 55.4 Å². The van der Waals surface area contributed by atoms with E-state index in [2.05, 4.69) is 48.6 Å². The van der Waals surface area contributed by atoms with Crippen LogP contribution in [-0.2, 0) is 38.2 Å². The molecule has 0 rings (SSSR count). The van der Waals surface area contributed by atoms with Crippen LogP contribution in [-0.4, -0.2) is 99.4 Å². The van der Waals surface area contributed by atoms with Crippen LogP contribution in [0.2, 0.25) is 0 Å². The molecule has 0 radical (unpaired) electrons. The molecular weight excluding hydrogens is 592 g/mol. The van der Waals surface area contributed by atoms with E-state index in [0.29, 0.717) is 37.9 Å². The lowest BCUT2D eigenvalue weighted by Gasteiger charge is -2.23. The van der Waals surface area contributed by atoms with Gasteiger partial charge in [-0.25, -0.2) is 0 Å². The van der Waals surface area contributed by atoms with Crippen LogP contribution < -0.4 is 10.6 Å². The van der Waals surface area contributed by atoms with Crippen molar-refractivity contribution >= 4 is 23.2 Å². The molecule has 2 amide bonds. The minimum Gasteiger partial charge on any atom is -0.386 e. The maximum absolute atomic E-state index is 12.1. The maximum Gasteiger partial charge on any atom is 0.260 e. The number of nitrogens with zero attached hydrogens (tertiary/aromatic N) is 2. The van der Waals surface area contributed by atoms with Crippen LogP contribution in [0.1, 0.15) is 109 Å². The largest absolute Gasteiger partial charge is 0.386 e. The molecule has 4 atom stereocenters. The highest BCUT2D eigenvalue weighted by molar-refractivity contribution is 5.82. The molecule has 0 spiro atoms. The van der Waals surface area contributed by atoms with Crippen LogP contribution in [0.15, 0.2) is 10.3 Å². The van der Waals surface area contributed by atoms with Crippen molar-refractivity contribution in [1.29, 1.82) is 0 Å². The van der Waals surface area contributed by atoms with Gasteiger partial charge in [-0.15, -0.1) is 0 Å². The van der Waals surface area contributed by atoms with E-state index in [0.717, 1.165) is 24.3 Å². The third kappa shape index (κ3) is 26.9. The average Bonchev–Trinajstić information content (AvgIpc) is 2.91. The van der Waals surface area contributed by atoms with E-state index in [-0.39, 0.29) is 74.7 Å². The van der Waals surface area contributed by atoms with Crippen molar-refractivity contribution in [2.24, 2.45) is 22.1 Å². The molecule has 0 saturated heterocycles. The molecule has 0 heterocycles. The highest BCUT2D eigenvalue weighted by atomic mass is 16.6. The lowest BCUT2D eigenvalue weighted by Crippen LogP contribution is -2.37. The first-order valence-corrected chi connectivity index (χ1v) is 17.0. The van der Waals surface area contributed by atoms with Gasteiger partial charge in [-0.2, -0.15) is 0 Å². The van der Waals surface area contributed by atoms with Gasteiger partial charge in [-0.05, 0) is 80.1 Å². The molecule has 0 aromatic heterocycles. The summed E-state index contributed by atoms with van der Waals surface area (Å²) in [6, 6.07) is 0. The highest BCUT2D eigenvalue weighted by Crippen LogP contribution is 2.15. The summed E-state index contributed by atoms with van der Waals surface area (Å²) in [6.45, 7) is 25.4. The molecule has 12 nitrogen and oxygen atoms in total. The number of ether oxygens (including phenoxy) is 4. The number of carbonyl (C=O) groups is 2. The predicted octanol–water partition coefficient (Wildman–Crippen LogP) is 5.27. The number of oxime groups is 2. The third-order valence-electron chi connectivity index (χ3n) is 6.26. The summed E-state index contributed by atoms with van der Waals surface area (Å²) in [5, 5.41) is 13.5. The fourth-order valence-corrected chi connectivity index (χ4v) is 4.66. The summed E-state index contributed by atoms with van der Waals surface area (Å²) in [5.41, 5.74) is 1.49. The third-order valence-corrected chi connectivity index (χ3v) is 6.26. The zero-order chi connectivity index (χ0) is 35.1. The minimum absolute atomic E-state index is 0.00429. The first-order valence-electron chi connectivity index (χ1n) is 17.0. The van der Waals surface area contributed by atoms with Gasteiger partial charge in [-0.3, -0.25) is 9.59 Å². The minimum atomic E-state index is -0.333. The van der Waals surface area contributed by atoms with Gasteiger partial charge in [0, 0.05) is 25.9 Å². The molecule has 0 fully saturated rings. The van der Waals surface area contributed by atoms with Gasteiger partial charge in [0.2, 0.25) is 0 Å². The van der Waals surface area contributed by atoms with Crippen LogP contribution in [0, 0.1) is 11.8 Å². The second kappa shape index (κ2) is 25.8. The molecule has 2 N–H and O–H groups in total. The Balaban J connectivity index is 4.36. The summed E-state index contributed by atoms with van der Waals surface area (Å²) in [5.74, 6) is 0.263. The summed E-state index contributed by atoms with van der Waals surface area (Å²) in [7, 11) is 0. The molecule has 4 unspecified atom stereocenters. The Morgan fingerprint density at radius 2 is 0.935 bits per heavy atom. The van der Waals surface area contributed by atoms with E-state index in [1.165, 1.54) is 0 Å². The number of carbonyl (C=O) groups excluding carboxylic acids is 2. The molecule has 0 aliphatic rings. The van der Waals surface area contributed by atoms with Crippen LogP contribution in [0.4, 0.5) is 0 Å². The average molecular weight is 659 g/mol. The van der Waals surface area contributed by atoms with Crippen LogP contribution in [0.25, 0.3) is 0 Å². The fraction of sp³-hybridized carbons (Fsp3) is 0.882. The van der Waals surface area contributed by atoms with E-state index in [9.17, 15) is 9.59 Å². The first-order chi connectivity index (χ1) is 21.6. The van der Waals surface area contributed by atoms with Gasteiger partial charge in [0.05, 0.1) is 61.3 Å². The van der Waals surface area contributed by atoms with Gasteiger partial charge in [-0.1, -0.05) is 38.0 Å². The number of amides is 2. The first kappa shape index (κ1) is 43.7. The Morgan fingerprint density at radius 1 is 0.587 bits per heavy atom. The Kier molecular flexibility index (Phi) is 24.5. The predicted molar refractivity (Wildman–Crippen MR) is 183 cm³/mol. The monoisotopic (exact) mass is 658 g/mol. The molecule has 0 aliphatic carbocycles. The van der Waals surface area contributed by atoms with Gasteiger partial charge in [0.25, 0.3) is 11.8 Å². The van der Waals surface area contributed by atoms with Crippen molar-refractivity contribution in [3.63, 3.8) is 0 Å². The van der Waals surface area contributed by atoms with Crippen LogP contribution in [0.5, 0.6) is 0 Å². The number of hydrogen-bond donors (Lipinski definition) is 2. The lowest BCUT2D eigenvalue weighted by atomic mass is 10.0. The van der Waals surface area contributed by atoms with Crippen molar-refractivity contribution in [1.82, 2.24) is 10.6 Å². The summed E-state index contributed by atoms with van der Waals surface area (Å²) in [4.78, 5) is 34.7. The Bertz CT molecular complexity index is 809. The van der Waals surface area contributed by atoms with Crippen LogP contribution >= 0.6 is 0 Å². The van der Waals surface area contributed by atoms with Gasteiger partial charge < -0.3 is 39.3 Å². The Hall–Kier alpha value is -2.28. The van der Waals surface area contributed by atoms with Gasteiger partial charge in [0.15, 0.2) is 13.2 Å². The standard InChI is InChI=1S/C34H66N4O8/c1-23(2)15-31(41-19-29(11)45-25(5)6)17-27(9)37-43-21-33(39)35-13-14-36-34(40)22-44-38-28(10)18-32(16-24(3)4)42-20-30(12)46-26(7)8/h23-26,29-32H,13-22H2,1-12H3,(H,35,39)(H,36,40)/b37-27-,38-28-. The van der Waals surface area contributed by atoms with Crippen molar-refractivity contribution in [3.8, 4) is 0 Å². The molecule has 46 heavy (non-hydrogen) atoms. The topological polar surface area (TPSA) is 138 Å². The SMILES string of the molecule is C/C(CC(CC(C)C)OCC(C)OC(C)C)=N/OCC(=O)NCCNC(=O)CO/N=C(/C)CC(CC(C)C)OCC(C)OC(C)C. The smallest absolute Gasteiger partial charge is 0.260 e. The Labute approximate surface area is 279 Å². The quantitative estimate of drug-likeness (QED) is 0.0692. The van der Waals surface area contributed by atoms with Gasteiger partial charge in [0.1, 0.15) is 0 Å². The number of hydrogen-bond acceptors (Lipinski definition) is 10. The van der Waals surface area contributed by atoms with Crippen molar-refractivity contribution in [3.05, 3.63) is 0 Å². The van der Waals surface area contributed by atoms with E-state index < -0.39 is 0 Å². The van der Waals surface area contributed by atoms with Gasteiger partial charge >= 0.3 is 0 Å². The molecule has 0 bridgehead atoms. The maximum atomic E-state index is 12.1. The lowest BCUT2D eigenvalue weighted by molar-refractivity contribution is -0.127. The summed E-state index contributed by atoms with van der Waals surface area (Å²) < 4.78 is 23.7. The zero-order valence-corrected chi connectivity index (χ0v) is 30.9. The molecule has 270 valence electrons.